The lowest BCUT2D eigenvalue weighted by molar-refractivity contribution is -0.129. The summed E-state index contributed by atoms with van der Waals surface area (Å²) in [5, 5.41) is 6.53. The van der Waals surface area contributed by atoms with Crippen LogP contribution in [0.5, 0.6) is 0 Å². The second-order valence-electron chi connectivity index (χ2n) is 7.16. The minimum Gasteiger partial charge on any atom is -0.444 e. The Labute approximate surface area is 121 Å². The van der Waals surface area contributed by atoms with Crippen LogP contribution in [0.15, 0.2) is 0 Å². The van der Waals surface area contributed by atoms with Gasteiger partial charge in [0.25, 0.3) is 0 Å². The highest BCUT2D eigenvalue weighted by Gasteiger charge is 2.53. The van der Waals surface area contributed by atoms with Gasteiger partial charge in [0.15, 0.2) is 0 Å². The van der Waals surface area contributed by atoms with Crippen LogP contribution in [0.3, 0.4) is 0 Å². The van der Waals surface area contributed by atoms with Gasteiger partial charge in [0.05, 0.1) is 18.2 Å². The van der Waals surface area contributed by atoms with E-state index in [0.717, 1.165) is 19.4 Å². The molecule has 0 aromatic carbocycles. The number of fused-ring (bicyclic) bond motifs is 1. The quantitative estimate of drug-likeness (QED) is 0.833. The number of ether oxygens (including phenoxy) is 2. The molecule has 1 amide bonds. The zero-order valence-corrected chi connectivity index (χ0v) is 13.2. The van der Waals surface area contributed by atoms with Crippen molar-refractivity contribution in [3.05, 3.63) is 0 Å². The van der Waals surface area contributed by atoms with Crippen molar-refractivity contribution in [1.82, 2.24) is 10.6 Å². The van der Waals surface area contributed by atoms with E-state index in [1.165, 1.54) is 0 Å². The van der Waals surface area contributed by atoms with Gasteiger partial charge in [-0.05, 0) is 33.6 Å². The van der Waals surface area contributed by atoms with Crippen molar-refractivity contribution >= 4 is 6.09 Å². The second kappa shape index (κ2) is 5.90. The molecule has 2 rings (SSSR count). The number of nitrogens with one attached hydrogen (secondary N) is 2. The molecule has 1 aliphatic heterocycles. The third-order valence-electron chi connectivity index (χ3n) is 3.83. The Balaban J connectivity index is 1.95. The van der Waals surface area contributed by atoms with Crippen molar-refractivity contribution in [3.8, 4) is 0 Å². The van der Waals surface area contributed by atoms with Gasteiger partial charge in [-0.2, -0.15) is 0 Å². The molecular weight excluding hydrogens is 256 g/mol. The third kappa shape index (κ3) is 3.64. The number of hydrogen-bond donors (Lipinski definition) is 2. The molecule has 20 heavy (non-hydrogen) atoms. The van der Waals surface area contributed by atoms with Crippen LogP contribution < -0.4 is 10.6 Å². The van der Waals surface area contributed by atoms with E-state index < -0.39 is 5.60 Å². The molecule has 0 bridgehead atoms. The van der Waals surface area contributed by atoms with Gasteiger partial charge < -0.3 is 20.1 Å². The van der Waals surface area contributed by atoms with Gasteiger partial charge >= 0.3 is 6.09 Å². The van der Waals surface area contributed by atoms with E-state index in [2.05, 4.69) is 24.5 Å². The number of rotatable bonds is 3. The van der Waals surface area contributed by atoms with Crippen LogP contribution in [0.25, 0.3) is 0 Å². The summed E-state index contributed by atoms with van der Waals surface area (Å²) in [6, 6.07) is 0.666. The first-order valence-corrected chi connectivity index (χ1v) is 7.65. The molecule has 5 heteroatoms. The highest BCUT2D eigenvalue weighted by atomic mass is 16.6. The Morgan fingerprint density at radius 3 is 2.60 bits per heavy atom. The van der Waals surface area contributed by atoms with E-state index in [9.17, 15) is 4.79 Å². The minimum atomic E-state index is -0.461. The highest BCUT2D eigenvalue weighted by Crippen LogP contribution is 2.38. The monoisotopic (exact) mass is 284 g/mol. The zero-order chi connectivity index (χ0) is 14.9. The van der Waals surface area contributed by atoms with Crippen molar-refractivity contribution in [2.75, 3.05) is 6.61 Å². The fourth-order valence-corrected chi connectivity index (χ4v) is 3.13. The number of carbonyl (C=O) groups is 1. The predicted molar refractivity (Wildman–Crippen MR) is 77.7 cm³/mol. The fraction of sp³-hybridized carbons (Fsp3) is 0.933. The molecule has 0 aromatic heterocycles. The molecule has 1 saturated heterocycles. The molecule has 0 spiro atoms. The largest absolute Gasteiger partial charge is 0.444 e. The maximum absolute atomic E-state index is 12.0. The summed E-state index contributed by atoms with van der Waals surface area (Å²) in [4.78, 5) is 12.0. The number of alkyl carbamates (subject to hydrolysis) is 1. The molecule has 4 unspecified atom stereocenters. The summed E-state index contributed by atoms with van der Waals surface area (Å²) < 4.78 is 11.2. The standard InChI is InChI=1S/C15H28N2O3/c1-9(2)16-12-11(10-7-6-8-19-13(10)12)17-14(18)20-15(3,4)5/h9-13,16H,6-8H2,1-5H3,(H,17,18). The highest BCUT2D eigenvalue weighted by molar-refractivity contribution is 5.68. The average Bonchev–Trinajstić information content (AvgIpc) is 2.31. The lowest BCUT2D eigenvalue weighted by Gasteiger charge is -2.54. The number of carbonyl (C=O) groups excluding carboxylic acids is 1. The molecule has 2 fully saturated rings. The molecule has 1 saturated carbocycles. The van der Waals surface area contributed by atoms with E-state index >= 15 is 0 Å². The van der Waals surface area contributed by atoms with E-state index in [1.54, 1.807) is 0 Å². The molecule has 0 radical (unpaired) electrons. The molecule has 0 aromatic rings. The molecule has 5 nitrogen and oxygen atoms in total. The molecule has 4 atom stereocenters. The van der Waals surface area contributed by atoms with Gasteiger partial charge in [-0.15, -0.1) is 0 Å². The Morgan fingerprint density at radius 1 is 1.30 bits per heavy atom. The van der Waals surface area contributed by atoms with Crippen LogP contribution in [0.1, 0.15) is 47.5 Å². The molecular formula is C15H28N2O3. The van der Waals surface area contributed by atoms with Gasteiger partial charge in [-0.3, -0.25) is 0 Å². The normalized spacial score (nSPS) is 33.3. The van der Waals surface area contributed by atoms with Gasteiger partial charge in [0.1, 0.15) is 5.60 Å². The summed E-state index contributed by atoms with van der Waals surface area (Å²) in [6.07, 6.45) is 2.08. The average molecular weight is 284 g/mol. The van der Waals surface area contributed by atoms with Crippen LogP contribution >= 0.6 is 0 Å². The Hall–Kier alpha value is -0.810. The smallest absolute Gasteiger partial charge is 0.407 e. The van der Waals surface area contributed by atoms with Gasteiger partial charge in [-0.25, -0.2) is 4.79 Å². The van der Waals surface area contributed by atoms with Crippen LogP contribution in [-0.4, -0.2) is 42.5 Å². The van der Waals surface area contributed by atoms with Gasteiger partial charge in [0, 0.05) is 18.6 Å². The molecule has 2 aliphatic rings. The third-order valence-corrected chi connectivity index (χ3v) is 3.83. The van der Waals surface area contributed by atoms with Gasteiger partial charge in [-0.1, -0.05) is 13.8 Å². The van der Waals surface area contributed by atoms with E-state index in [0.29, 0.717) is 12.0 Å². The van der Waals surface area contributed by atoms with Crippen molar-refractivity contribution < 1.29 is 14.3 Å². The summed E-state index contributed by atoms with van der Waals surface area (Å²) in [5.41, 5.74) is -0.461. The molecule has 1 heterocycles. The Bertz CT molecular complexity index is 352. The van der Waals surface area contributed by atoms with E-state index in [4.69, 9.17) is 9.47 Å². The fourth-order valence-electron chi connectivity index (χ4n) is 3.13. The first-order chi connectivity index (χ1) is 9.28. The Morgan fingerprint density at radius 2 is 2.00 bits per heavy atom. The topological polar surface area (TPSA) is 59.6 Å². The molecule has 1 aliphatic carbocycles. The first kappa shape index (κ1) is 15.6. The lowest BCUT2D eigenvalue weighted by atomic mass is 9.68. The first-order valence-electron chi connectivity index (χ1n) is 7.65. The van der Waals surface area contributed by atoms with E-state index in [1.807, 2.05) is 20.8 Å². The van der Waals surface area contributed by atoms with Crippen LogP contribution in [0, 0.1) is 5.92 Å². The van der Waals surface area contributed by atoms with Gasteiger partial charge in [0.2, 0.25) is 0 Å². The SMILES string of the molecule is CC(C)NC1C(NC(=O)OC(C)(C)C)C2CCCOC21. The maximum atomic E-state index is 12.0. The van der Waals surface area contributed by atoms with E-state index in [-0.39, 0.29) is 24.3 Å². The molecule has 2 N–H and O–H groups in total. The summed E-state index contributed by atoms with van der Waals surface area (Å²) in [6.45, 7) is 10.7. The van der Waals surface area contributed by atoms with Crippen molar-refractivity contribution in [2.45, 2.75) is 77.3 Å². The summed E-state index contributed by atoms with van der Waals surface area (Å²) in [7, 11) is 0. The van der Waals surface area contributed by atoms with Crippen LogP contribution in [0.4, 0.5) is 4.79 Å². The van der Waals surface area contributed by atoms with Crippen LogP contribution in [-0.2, 0) is 9.47 Å². The van der Waals surface area contributed by atoms with Crippen molar-refractivity contribution in [3.63, 3.8) is 0 Å². The minimum absolute atomic E-state index is 0.109. The van der Waals surface area contributed by atoms with Crippen LogP contribution in [0.2, 0.25) is 0 Å². The maximum Gasteiger partial charge on any atom is 0.407 e. The second-order valence-corrected chi connectivity index (χ2v) is 7.16. The zero-order valence-electron chi connectivity index (χ0n) is 13.2. The molecule has 116 valence electrons. The summed E-state index contributed by atoms with van der Waals surface area (Å²) in [5.74, 6) is 0.410. The predicted octanol–water partition coefficient (Wildman–Crippen LogP) is 2.06. The van der Waals surface area contributed by atoms with Crippen molar-refractivity contribution in [1.29, 1.82) is 0 Å². The number of amides is 1. The Kier molecular flexibility index (Phi) is 4.59. The van der Waals surface area contributed by atoms with Crippen molar-refractivity contribution in [2.24, 2.45) is 5.92 Å². The number of hydrogen-bond acceptors (Lipinski definition) is 4. The summed E-state index contributed by atoms with van der Waals surface area (Å²) >= 11 is 0. The lowest BCUT2D eigenvalue weighted by Crippen LogP contribution is -2.74.